The third-order valence-electron chi connectivity index (χ3n) is 4.66. The highest BCUT2D eigenvalue weighted by molar-refractivity contribution is 7.92. The molecule has 0 atom stereocenters. The van der Waals surface area contributed by atoms with Crippen LogP contribution in [0, 0.1) is 0 Å². The van der Waals surface area contributed by atoms with Gasteiger partial charge in [-0.15, -0.1) is 0 Å². The Morgan fingerprint density at radius 3 is 2.25 bits per heavy atom. The minimum Gasteiger partial charge on any atom is -0.496 e. The van der Waals surface area contributed by atoms with Crippen molar-refractivity contribution in [3.8, 4) is 5.75 Å². The van der Waals surface area contributed by atoms with Gasteiger partial charge in [-0.05, 0) is 35.9 Å². The van der Waals surface area contributed by atoms with Crippen molar-refractivity contribution < 1.29 is 22.7 Å². The molecule has 2 amide bonds. The number of para-hydroxylation sites is 1. The van der Waals surface area contributed by atoms with Crippen molar-refractivity contribution in [2.45, 2.75) is 11.4 Å². The van der Waals surface area contributed by atoms with Gasteiger partial charge >= 0.3 is 0 Å². The molecule has 32 heavy (non-hydrogen) atoms. The van der Waals surface area contributed by atoms with E-state index in [2.05, 4.69) is 15.4 Å². The van der Waals surface area contributed by atoms with E-state index in [1.54, 1.807) is 12.1 Å². The highest BCUT2D eigenvalue weighted by Crippen LogP contribution is 2.25. The van der Waals surface area contributed by atoms with Gasteiger partial charge in [0.25, 0.3) is 21.8 Å². The summed E-state index contributed by atoms with van der Waals surface area (Å²) in [6, 6.07) is 19.6. The van der Waals surface area contributed by atoms with E-state index in [4.69, 9.17) is 4.74 Å². The quantitative estimate of drug-likeness (QED) is 0.485. The summed E-state index contributed by atoms with van der Waals surface area (Å²) >= 11 is 0. The van der Waals surface area contributed by atoms with E-state index in [-0.39, 0.29) is 27.5 Å². The Morgan fingerprint density at radius 1 is 0.875 bits per heavy atom. The number of nitrogens with one attached hydrogen (secondary N) is 3. The van der Waals surface area contributed by atoms with Crippen LogP contribution in [-0.4, -0.2) is 34.4 Å². The van der Waals surface area contributed by atoms with Crippen LogP contribution in [-0.2, 0) is 16.6 Å². The molecule has 9 heteroatoms. The molecule has 3 N–H and O–H groups in total. The zero-order valence-electron chi connectivity index (χ0n) is 17.6. The first kappa shape index (κ1) is 22.8. The van der Waals surface area contributed by atoms with E-state index in [9.17, 15) is 18.0 Å². The van der Waals surface area contributed by atoms with E-state index < -0.39 is 21.8 Å². The van der Waals surface area contributed by atoms with E-state index in [0.717, 1.165) is 5.56 Å². The van der Waals surface area contributed by atoms with Crippen molar-refractivity contribution in [2.24, 2.45) is 0 Å². The van der Waals surface area contributed by atoms with Crippen LogP contribution in [0.15, 0.2) is 77.7 Å². The van der Waals surface area contributed by atoms with Gasteiger partial charge in [0.15, 0.2) is 0 Å². The predicted molar refractivity (Wildman–Crippen MR) is 121 cm³/mol. The number of sulfonamides is 1. The summed E-state index contributed by atoms with van der Waals surface area (Å²) in [5.41, 5.74) is 1.29. The first-order valence-electron chi connectivity index (χ1n) is 9.70. The second-order valence-electron chi connectivity index (χ2n) is 6.76. The lowest BCUT2D eigenvalue weighted by atomic mass is 10.1. The number of benzene rings is 3. The van der Waals surface area contributed by atoms with Crippen molar-refractivity contribution in [3.63, 3.8) is 0 Å². The van der Waals surface area contributed by atoms with Crippen LogP contribution >= 0.6 is 0 Å². The van der Waals surface area contributed by atoms with Gasteiger partial charge < -0.3 is 15.4 Å². The van der Waals surface area contributed by atoms with Crippen LogP contribution < -0.4 is 20.1 Å². The molecule has 166 valence electrons. The van der Waals surface area contributed by atoms with Crippen molar-refractivity contribution in [2.75, 3.05) is 18.9 Å². The zero-order chi connectivity index (χ0) is 23.1. The van der Waals surface area contributed by atoms with Gasteiger partial charge in [0.1, 0.15) is 5.75 Å². The molecule has 3 rings (SSSR count). The van der Waals surface area contributed by atoms with Crippen LogP contribution in [0.4, 0.5) is 5.69 Å². The third-order valence-corrected chi connectivity index (χ3v) is 6.03. The largest absolute Gasteiger partial charge is 0.496 e. The topological polar surface area (TPSA) is 114 Å². The number of amides is 2. The van der Waals surface area contributed by atoms with Crippen LogP contribution in [0.1, 0.15) is 26.3 Å². The number of rotatable bonds is 8. The summed E-state index contributed by atoms with van der Waals surface area (Å²) in [6.07, 6.45) is 0. The number of hydrogen-bond donors (Lipinski definition) is 3. The SMILES string of the molecule is CNC(=O)c1cc(S(=O)(=O)Nc2ccccc2C(=O)NCc2ccccc2)ccc1OC. The fourth-order valence-electron chi connectivity index (χ4n) is 3.01. The molecule has 3 aromatic carbocycles. The van der Waals surface area contributed by atoms with E-state index in [1.807, 2.05) is 30.3 Å². The molecule has 0 aliphatic heterocycles. The van der Waals surface area contributed by atoms with Gasteiger partial charge in [0.05, 0.1) is 28.8 Å². The average Bonchev–Trinajstić information content (AvgIpc) is 2.82. The molecule has 0 aliphatic rings. The van der Waals surface area contributed by atoms with E-state index in [1.165, 1.54) is 44.5 Å². The molecule has 0 bridgehead atoms. The molecule has 0 unspecified atom stereocenters. The van der Waals surface area contributed by atoms with Crippen molar-refractivity contribution >= 4 is 27.5 Å². The summed E-state index contributed by atoms with van der Waals surface area (Å²) in [4.78, 5) is 24.7. The Labute approximate surface area is 186 Å². The zero-order valence-corrected chi connectivity index (χ0v) is 18.4. The Hall–Kier alpha value is -3.85. The van der Waals surface area contributed by atoms with Gasteiger partial charge in [0, 0.05) is 13.6 Å². The number of carbonyl (C=O) groups is 2. The summed E-state index contributed by atoms with van der Waals surface area (Å²) in [6.45, 7) is 0.300. The van der Waals surface area contributed by atoms with Crippen molar-refractivity contribution in [1.82, 2.24) is 10.6 Å². The van der Waals surface area contributed by atoms with Crippen molar-refractivity contribution in [3.05, 3.63) is 89.5 Å². The molecule has 3 aromatic rings. The Balaban J connectivity index is 1.86. The molecule has 0 aromatic heterocycles. The predicted octanol–water partition coefficient (Wildman–Crippen LogP) is 2.79. The van der Waals surface area contributed by atoms with Gasteiger partial charge in [-0.2, -0.15) is 0 Å². The maximum Gasteiger partial charge on any atom is 0.261 e. The number of ether oxygens (including phenoxy) is 1. The molecule has 0 fully saturated rings. The minimum absolute atomic E-state index is 0.0757. The monoisotopic (exact) mass is 453 g/mol. The maximum absolute atomic E-state index is 13.0. The highest BCUT2D eigenvalue weighted by atomic mass is 32.2. The number of anilines is 1. The minimum atomic E-state index is -4.09. The summed E-state index contributed by atoms with van der Waals surface area (Å²) in [7, 11) is -1.27. The molecule has 8 nitrogen and oxygen atoms in total. The Morgan fingerprint density at radius 2 is 1.56 bits per heavy atom. The Bertz CT molecular complexity index is 1230. The first-order valence-corrected chi connectivity index (χ1v) is 11.2. The normalized spacial score (nSPS) is 10.8. The van der Waals surface area contributed by atoms with Gasteiger partial charge in [-0.3, -0.25) is 14.3 Å². The summed E-state index contributed by atoms with van der Waals surface area (Å²) < 4.78 is 33.6. The molecule has 0 aliphatic carbocycles. The van der Waals surface area contributed by atoms with E-state index >= 15 is 0 Å². The lowest BCUT2D eigenvalue weighted by Gasteiger charge is -2.14. The Kier molecular flexibility index (Phi) is 7.11. The fourth-order valence-corrected chi connectivity index (χ4v) is 4.12. The third kappa shape index (κ3) is 5.25. The number of hydrogen-bond acceptors (Lipinski definition) is 5. The van der Waals surface area contributed by atoms with Gasteiger partial charge in [-0.25, -0.2) is 8.42 Å². The van der Waals surface area contributed by atoms with Crippen LogP contribution in [0.5, 0.6) is 5.75 Å². The maximum atomic E-state index is 13.0. The molecular formula is C23H23N3O5S. The van der Waals surface area contributed by atoms with E-state index in [0.29, 0.717) is 6.54 Å². The molecule has 0 saturated carbocycles. The molecular weight excluding hydrogens is 430 g/mol. The summed E-state index contributed by atoms with van der Waals surface area (Å²) in [5.74, 6) is -0.670. The molecule has 0 heterocycles. The first-order chi connectivity index (χ1) is 15.4. The number of carbonyl (C=O) groups excluding carboxylic acids is 2. The second kappa shape index (κ2) is 9.97. The highest BCUT2D eigenvalue weighted by Gasteiger charge is 2.21. The lowest BCUT2D eigenvalue weighted by molar-refractivity contribution is 0.0946. The molecule has 0 saturated heterocycles. The second-order valence-corrected chi connectivity index (χ2v) is 8.44. The fraction of sp³-hybridized carbons (Fsp3) is 0.130. The van der Waals surface area contributed by atoms with Crippen LogP contribution in [0.25, 0.3) is 0 Å². The number of methoxy groups -OCH3 is 1. The van der Waals surface area contributed by atoms with Gasteiger partial charge in [0.2, 0.25) is 0 Å². The lowest BCUT2D eigenvalue weighted by Crippen LogP contribution is -2.25. The summed E-state index contributed by atoms with van der Waals surface area (Å²) in [5, 5.41) is 5.23. The average molecular weight is 454 g/mol. The standard InChI is InChI=1S/C23H23N3O5S/c1-24-22(27)19-14-17(12-13-21(19)31-2)32(29,30)26-20-11-7-6-10-18(20)23(28)25-15-16-8-4-3-5-9-16/h3-14,26H,15H2,1-2H3,(H,24,27)(H,25,28). The van der Waals surface area contributed by atoms with Gasteiger partial charge in [-0.1, -0.05) is 42.5 Å². The molecule has 0 radical (unpaired) electrons. The van der Waals surface area contributed by atoms with Crippen LogP contribution in [0.2, 0.25) is 0 Å². The van der Waals surface area contributed by atoms with Crippen molar-refractivity contribution in [1.29, 1.82) is 0 Å². The van der Waals surface area contributed by atoms with Crippen LogP contribution in [0.3, 0.4) is 0 Å². The molecule has 0 spiro atoms. The smallest absolute Gasteiger partial charge is 0.261 e.